The number of amides is 1. The number of carbonyl (C=O) groups is 3. The van der Waals surface area contributed by atoms with Gasteiger partial charge in [-0.1, -0.05) is 12.1 Å². The monoisotopic (exact) mass is 601 g/mol. The van der Waals surface area contributed by atoms with E-state index in [9.17, 15) is 27.6 Å². The molecule has 0 aromatic heterocycles. The number of alkyl halides is 3. The molecule has 0 spiro atoms. The van der Waals surface area contributed by atoms with Gasteiger partial charge in [-0.05, 0) is 80.9 Å². The normalized spacial score (nSPS) is 11.8. The predicted octanol–water partition coefficient (Wildman–Crippen LogP) is 4.46. The molecule has 6 N–H and O–H groups in total. The molecule has 0 saturated heterocycles. The molecule has 0 fully saturated rings. The van der Waals surface area contributed by atoms with Gasteiger partial charge >= 0.3 is 18.1 Å². The first kappa shape index (κ1) is 32.4. The van der Waals surface area contributed by atoms with Gasteiger partial charge in [-0.3, -0.25) is 10.2 Å². The van der Waals surface area contributed by atoms with Crippen molar-refractivity contribution in [1.82, 2.24) is 0 Å². The van der Waals surface area contributed by atoms with Crippen LogP contribution < -0.4 is 31.4 Å². The van der Waals surface area contributed by atoms with E-state index in [2.05, 4.69) is 10.1 Å². The number of hydrogen-bond acceptors (Lipinski definition) is 9. The zero-order valence-electron chi connectivity index (χ0n) is 23.4. The Balaban J connectivity index is 2.00. The number of nitrogens with one attached hydrogen (secondary N) is 2. The molecule has 1 amide bonds. The second-order valence-electron chi connectivity index (χ2n) is 9.31. The Hall–Kier alpha value is -5.11. The van der Waals surface area contributed by atoms with E-state index in [0.717, 1.165) is 12.1 Å². The molecule has 3 aromatic carbocycles. The van der Waals surface area contributed by atoms with Gasteiger partial charge in [0.2, 0.25) is 0 Å². The fraction of sp³-hybridized carbons (Fsp3) is 0.241. The standard InChI is InChI=1S/C29H30F3N5O6/c1-4-41-23-15-18(10-13-22(23)42-16(2)3)24(36-20-11-8-17(9-12-20)25(33)34)26(38)37(35)21-7-5-6-19(14-21)27(39)43-28(40)29(30,31)32/h5-16,24,36H,4,35H2,1-3H3,(H3,33,34). The predicted molar refractivity (Wildman–Crippen MR) is 152 cm³/mol. The van der Waals surface area contributed by atoms with Crippen molar-refractivity contribution in [2.45, 2.75) is 39.1 Å². The van der Waals surface area contributed by atoms with Gasteiger partial charge in [0.15, 0.2) is 11.5 Å². The number of esters is 2. The fourth-order valence-corrected chi connectivity index (χ4v) is 3.77. The zero-order chi connectivity index (χ0) is 31.9. The second kappa shape index (κ2) is 13.7. The van der Waals surface area contributed by atoms with Gasteiger partial charge in [-0.2, -0.15) is 13.2 Å². The SMILES string of the molecule is CCOc1cc(C(Nc2ccc(C(=N)N)cc2)C(=O)N(N)c2cccc(C(=O)OC(=O)C(F)(F)F)c2)ccc1OC(C)C. The first-order valence-electron chi connectivity index (χ1n) is 12.9. The summed E-state index contributed by atoms with van der Waals surface area (Å²) >= 11 is 0. The van der Waals surface area contributed by atoms with Crippen molar-refractivity contribution in [1.29, 1.82) is 5.41 Å². The van der Waals surface area contributed by atoms with Crippen LogP contribution in [-0.2, 0) is 14.3 Å². The fourth-order valence-electron chi connectivity index (χ4n) is 3.77. The van der Waals surface area contributed by atoms with Crippen molar-refractivity contribution in [3.05, 3.63) is 83.4 Å². The first-order valence-corrected chi connectivity index (χ1v) is 12.9. The quantitative estimate of drug-likeness (QED) is 0.0471. The highest BCUT2D eigenvalue weighted by atomic mass is 19.4. The van der Waals surface area contributed by atoms with Crippen LogP contribution in [0.2, 0.25) is 0 Å². The average Bonchev–Trinajstić information content (AvgIpc) is 2.95. The molecule has 0 aliphatic heterocycles. The lowest BCUT2D eigenvalue weighted by molar-refractivity contribution is -0.193. The minimum atomic E-state index is -5.37. The molecule has 0 radical (unpaired) electrons. The van der Waals surface area contributed by atoms with Crippen LogP contribution in [0.15, 0.2) is 66.7 Å². The van der Waals surface area contributed by atoms with E-state index in [0.29, 0.717) is 39.9 Å². The maximum atomic E-state index is 13.8. The molecular weight excluding hydrogens is 571 g/mol. The summed E-state index contributed by atoms with van der Waals surface area (Å²) in [6.07, 6.45) is -5.54. The molecule has 3 rings (SSSR count). The molecule has 0 heterocycles. The van der Waals surface area contributed by atoms with Gasteiger partial charge in [0, 0.05) is 11.3 Å². The number of ether oxygens (including phenoxy) is 3. The Bertz CT molecular complexity index is 1490. The van der Waals surface area contributed by atoms with Crippen molar-refractivity contribution in [3.63, 3.8) is 0 Å². The van der Waals surface area contributed by atoms with E-state index in [-0.39, 0.29) is 17.6 Å². The lowest BCUT2D eigenvalue weighted by atomic mass is 10.0. The summed E-state index contributed by atoms with van der Waals surface area (Å²) in [5.41, 5.74) is 6.32. The van der Waals surface area contributed by atoms with Crippen molar-refractivity contribution in [2.24, 2.45) is 11.6 Å². The average molecular weight is 602 g/mol. The van der Waals surface area contributed by atoms with E-state index < -0.39 is 35.6 Å². The molecule has 1 unspecified atom stereocenters. The maximum absolute atomic E-state index is 13.8. The number of carbonyl (C=O) groups excluding carboxylic acids is 3. The molecule has 0 saturated carbocycles. The molecule has 43 heavy (non-hydrogen) atoms. The van der Waals surface area contributed by atoms with Crippen LogP contribution >= 0.6 is 0 Å². The van der Waals surface area contributed by atoms with Gasteiger partial charge < -0.3 is 25.3 Å². The second-order valence-corrected chi connectivity index (χ2v) is 9.31. The molecule has 3 aromatic rings. The third-order valence-electron chi connectivity index (χ3n) is 5.73. The van der Waals surface area contributed by atoms with E-state index >= 15 is 0 Å². The van der Waals surface area contributed by atoms with Gasteiger partial charge in [0.05, 0.1) is 24.0 Å². The number of halogens is 3. The number of nitrogen functional groups attached to an aromatic ring is 1. The summed E-state index contributed by atoms with van der Waals surface area (Å²) in [4.78, 5) is 37.1. The Morgan fingerprint density at radius 2 is 1.65 bits per heavy atom. The summed E-state index contributed by atoms with van der Waals surface area (Å²) in [5, 5.41) is 11.4. The third-order valence-corrected chi connectivity index (χ3v) is 5.73. The van der Waals surface area contributed by atoms with E-state index in [1.165, 1.54) is 12.1 Å². The highest BCUT2D eigenvalue weighted by Crippen LogP contribution is 2.34. The number of anilines is 2. The molecule has 1 atom stereocenters. The van der Waals surface area contributed by atoms with Gasteiger partial charge in [-0.15, -0.1) is 0 Å². The molecule has 0 bridgehead atoms. The first-order chi connectivity index (χ1) is 20.2. The van der Waals surface area contributed by atoms with Gasteiger partial charge in [0.25, 0.3) is 5.91 Å². The van der Waals surface area contributed by atoms with E-state index in [1.807, 2.05) is 13.8 Å². The number of nitrogens with zero attached hydrogens (tertiary/aromatic N) is 1. The Labute approximate surface area is 245 Å². The molecule has 0 aliphatic rings. The van der Waals surface area contributed by atoms with Crippen LogP contribution in [0.4, 0.5) is 24.5 Å². The lowest BCUT2D eigenvalue weighted by Gasteiger charge is -2.26. The maximum Gasteiger partial charge on any atom is 0.491 e. The molecular formula is C29H30F3N5O6. The van der Waals surface area contributed by atoms with Crippen LogP contribution in [0.1, 0.15) is 48.3 Å². The Morgan fingerprint density at radius 1 is 0.977 bits per heavy atom. The van der Waals surface area contributed by atoms with Crippen LogP contribution in [0.3, 0.4) is 0 Å². The van der Waals surface area contributed by atoms with Gasteiger partial charge in [0.1, 0.15) is 11.9 Å². The van der Waals surface area contributed by atoms with Crippen LogP contribution in [0.5, 0.6) is 11.5 Å². The van der Waals surface area contributed by atoms with Crippen LogP contribution in [0.25, 0.3) is 0 Å². The zero-order valence-corrected chi connectivity index (χ0v) is 23.4. The number of nitrogens with two attached hydrogens (primary N) is 2. The van der Waals surface area contributed by atoms with Crippen LogP contribution in [0, 0.1) is 5.41 Å². The minimum Gasteiger partial charge on any atom is -0.490 e. The number of hydrogen-bond donors (Lipinski definition) is 4. The summed E-state index contributed by atoms with van der Waals surface area (Å²) < 4.78 is 53.1. The van der Waals surface area contributed by atoms with Crippen molar-refractivity contribution in [2.75, 3.05) is 16.9 Å². The third kappa shape index (κ3) is 8.45. The highest BCUT2D eigenvalue weighted by Gasteiger charge is 2.42. The summed E-state index contributed by atoms with van der Waals surface area (Å²) in [7, 11) is 0. The highest BCUT2D eigenvalue weighted by molar-refractivity contribution is 6.02. The molecule has 14 heteroatoms. The molecule has 228 valence electrons. The Kier molecular flexibility index (Phi) is 10.3. The molecule has 0 aliphatic carbocycles. The number of amidine groups is 1. The van der Waals surface area contributed by atoms with Crippen molar-refractivity contribution >= 4 is 35.1 Å². The number of hydrazine groups is 1. The summed E-state index contributed by atoms with van der Waals surface area (Å²) in [6.45, 7) is 5.78. The van der Waals surface area contributed by atoms with Gasteiger partial charge in [-0.25, -0.2) is 20.4 Å². The largest absolute Gasteiger partial charge is 0.491 e. The lowest BCUT2D eigenvalue weighted by Crippen LogP contribution is -2.43. The topological polar surface area (TPSA) is 170 Å². The number of rotatable bonds is 11. The molecule has 11 nitrogen and oxygen atoms in total. The van der Waals surface area contributed by atoms with Crippen molar-refractivity contribution < 1.29 is 41.8 Å². The van der Waals surface area contributed by atoms with E-state index in [1.54, 1.807) is 49.4 Å². The number of benzene rings is 3. The van der Waals surface area contributed by atoms with Crippen molar-refractivity contribution in [3.8, 4) is 11.5 Å². The summed E-state index contributed by atoms with van der Waals surface area (Å²) in [6, 6.07) is 14.8. The minimum absolute atomic E-state index is 0.0811. The van der Waals surface area contributed by atoms with E-state index in [4.69, 9.17) is 26.5 Å². The smallest absolute Gasteiger partial charge is 0.490 e. The van der Waals surface area contributed by atoms with Crippen LogP contribution in [-0.4, -0.2) is 42.6 Å². The Morgan fingerprint density at radius 3 is 2.23 bits per heavy atom. The summed E-state index contributed by atoms with van der Waals surface area (Å²) in [5.74, 6) is 1.83.